The SMILES string of the molecule is O=C(Nc1nc(-c2ccc3ccccc3c2)cs1)c1cc(-c2ccccc2)nn1-c1ccccc1. The van der Waals surface area contributed by atoms with Gasteiger partial charge in [-0.1, -0.05) is 84.9 Å². The van der Waals surface area contributed by atoms with Crippen LogP contribution in [0.3, 0.4) is 0 Å². The molecule has 0 spiro atoms. The average Bonchev–Trinajstić information content (AvgIpc) is 3.57. The Morgan fingerprint density at radius 3 is 2.23 bits per heavy atom. The quantitative estimate of drug-likeness (QED) is 0.292. The van der Waals surface area contributed by atoms with E-state index in [9.17, 15) is 4.79 Å². The highest BCUT2D eigenvalue weighted by molar-refractivity contribution is 7.14. The van der Waals surface area contributed by atoms with E-state index in [1.165, 1.54) is 16.7 Å². The van der Waals surface area contributed by atoms with E-state index in [1.807, 2.05) is 84.2 Å². The number of thiazole rings is 1. The molecule has 0 saturated carbocycles. The van der Waals surface area contributed by atoms with Crippen LogP contribution in [0.2, 0.25) is 0 Å². The Bertz CT molecular complexity index is 1640. The molecule has 35 heavy (non-hydrogen) atoms. The van der Waals surface area contributed by atoms with E-state index >= 15 is 0 Å². The lowest BCUT2D eigenvalue weighted by molar-refractivity contribution is 0.101. The number of fused-ring (bicyclic) bond motifs is 1. The summed E-state index contributed by atoms with van der Waals surface area (Å²) in [4.78, 5) is 18.0. The van der Waals surface area contributed by atoms with Crippen molar-refractivity contribution in [3.63, 3.8) is 0 Å². The van der Waals surface area contributed by atoms with E-state index in [1.54, 1.807) is 4.68 Å². The van der Waals surface area contributed by atoms with Gasteiger partial charge < -0.3 is 0 Å². The monoisotopic (exact) mass is 472 g/mol. The third kappa shape index (κ3) is 4.23. The van der Waals surface area contributed by atoms with Gasteiger partial charge in [0, 0.05) is 16.5 Å². The number of para-hydroxylation sites is 1. The maximum absolute atomic E-state index is 13.4. The second kappa shape index (κ2) is 9.00. The molecule has 1 amide bonds. The Morgan fingerprint density at radius 2 is 1.43 bits per heavy atom. The molecule has 0 unspecified atom stereocenters. The first-order valence-corrected chi connectivity index (χ1v) is 12.1. The van der Waals surface area contributed by atoms with E-state index in [-0.39, 0.29) is 5.91 Å². The average molecular weight is 473 g/mol. The van der Waals surface area contributed by atoms with Crippen molar-refractivity contribution < 1.29 is 4.79 Å². The zero-order valence-corrected chi connectivity index (χ0v) is 19.4. The van der Waals surface area contributed by atoms with Crippen LogP contribution in [0.5, 0.6) is 0 Å². The van der Waals surface area contributed by atoms with Gasteiger partial charge in [0.25, 0.3) is 5.91 Å². The van der Waals surface area contributed by atoms with Crippen LogP contribution in [0.1, 0.15) is 10.5 Å². The number of hydrogen-bond acceptors (Lipinski definition) is 4. The van der Waals surface area contributed by atoms with Crippen LogP contribution in [-0.2, 0) is 0 Å². The molecule has 2 aromatic heterocycles. The Hall–Kier alpha value is -4.55. The lowest BCUT2D eigenvalue weighted by Crippen LogP contribution is -2.16. The number of nitrogens with one attached hydrogen (secondary N) is 1. The molecule has 0 aliphatic carbocycles. The molecule has 0 saturated heterocycles. The maximum atomic E-state index is 13.4. The number of benzene rings is 4. The van der Waals surface area contributed by atoms with Crippen LogP contribution in [0.15, 0.2) is 115 Å². The highest BCUT2D eigenvalue weighted by Gasteiger charge is 2.19. The number of rotatable bonds is 5. The van der Waals surface area contributed by atoms with Crippen molar-refractivity contribution in [2.45, 2.75) is 0 Å². The third-order valence-electron chi connectivity index (χ3n) is 5.78. The van der Waals surface area contributed by atoms with Gasteiger partial charge in [-0.2, -0.15) is 5.10 Å². The van der Waals surface area contributed by atoms with Gasteiger partial charge in [-0.25, -0.2) is 9.67 Å². The van der Waals surface area contributed by atoms with Crippen molar-refractivity contribution >= 4 is 33.1 Å². The van der Waals surface area contributed by atoms with Crippen molar-refractivity contribution in [3.8, 4) is 28.2 Å². The first kappa shape index (κ1) is 21.0. The summed E-state index contributed by atoms with van der Waals surface area (Å²) in [6, 6.07) is 35.8. The number of anilines is 1. The number of carbonyl (C=O) groups is 1. The van der Waals surface area contributed by atoms with Crippen LogP contribution in [0.25, 0.3) is 39.0 Å². The molecule has 0 aliphatic rings. The highest BCUT2D eigenvalue weighted by atomic mass is 32.1. The Kier molecular flexibility index (Phi) is 5.41. The van der Waals surface area contributed by atoms with Gasteiger partial charge in [0.2, 0.25) is 0 Å². The summed E-state index contributed by atoms with van der Waals surface area (Å²) in [5.74, 6) is -0.261. The van der Waals surface area contributed by atoms with Crippen LogP contribution in [-0.4, -0.2) is 20.7 Å². The summed E-state index contributed by atoms with van der Waals surface area (Å²) in [5.41, 5.74) is 4.78. The predicted octanol–water partition coefficient (Wildman–Crippen LogP) is 7.07. The standard InChI is InChI=1S/C29H20N4OS/c34-28(31-29-30-26(19-35-29)23-16-15-20-9-7-8-12-22(20)17-23)27-18-25(21-10-3-1-4-11-21)32-33(27)24-13-5-2-6-14-24/h1-19H,(H,30,31,34). The minimum Gasteiger partial charge on any atom is -0.296 e. The van der Waals surface area contributed by atoms with Gasteiger partial charge in [0.1, 0.15) is 5.69 Å². The zero-order chi connectivity index (χ0) is 23.6. The molecule has 0 bridgehead atoms. The summed E-state index contributed by atoms with van der Waals surface area (Å²) in [6.07, 6.45) is 0. The number of nitrogens with zero attached hydrogens (tertiary/aromatic N) is 3. The lowest BCUT2D eigenvalue weighted by atomic mass is 10.1. The topological polar surface area (TPSA) is 59.8 Å². The molecule has 6 heteroatoms. The summed E-state index contributed by atoms with van der Waals surface area (Å²) in [6.45, 7) is 0. The molecule has 6 aromatic rings. The van der Waals surface area contributed by atoms with Gasteiger partial charge in [-0.3, -0.25) is 10.1 Å². The van der Waals surface area contributed by atoms with Gasteiger partial charge >= 0.3 is 0 Å². The van der Waals surface area contributed by atoms with Crippen molar-refractivity contribution in [1.82, 2.24) is 14.8 Å². The first-order chi connectivity index (χ1) is 17.2. The second-order valence-electron chi connectivity index (χ2n) is 8.08. The molecule has 5 nitrogen and oxygen atoms in total. The number of hydrogen-bond donors (Lipinski definition) is 1. The summed E-state index contributed by atoms with van der Waals surface area (Å²) in [5, 5.41) is 12.5. The molecule has 1 N–H and O–H groups in total. The molecule has 0 fully saturated rings. The van der Waals surface area contributed by atoms with E-state index in [0.29, 0.717) is 10.8 Å². The predicted molar refractivity (Wildman–Crippen MR) is 142 cm³/mol. The van der Waals surface area contributed by atoms with Crippen molar-refractivity contribution in [3.05, 3.63) is 120 Å². The molecule has 2 heterocycles. The van der Waals surface area contributed by atoms with E-state index < -0.39 is 0 Å². The molecule has 0 radical (unpaired) electrons. The molecule has 0 atom stereocenters. The molecular weight excluding hydrogens is 452 g/mol. The number of amides is 1. The fourth-order valence-corrected chi connectivity index (χ4v) is 4.75. The Labute approximate surface area is 206 Å². The van der Waals surface area contributed by atoms with Gasteiger partial charge in [-0.05, 0) is 35.0 Å². The minimum absolute atomic E-state index is 0.261. The van der Waals surface area contributed by atoms with Gasteiger partial charge in [-0.15, -0.1) is 11.3 Å². The fraction of sp³-hybridized carbons (Fsp3) is 0. The first-order valence-electron chi connectivity index (χ1n) is 11.2. The normalized spacial score (nSPS) is 11.0. The Balaban J connectivity index is 1.31. The number of aromatic nitrogens is 3. The molecule has 168 valence electrons. The molecule has 0 aliphatic heterocycles. The second-order valence-corrected chi connectivity index (χ2v) is 8.94. The fourth-order valence-electron chi connectivity index (χ4n) is 4.03. The Morgan fingerprint density at radius 1 is 0.714 bits per heavy atom. The largest absolute Gasteiger partial charge is 0.296 e. The van der Waals surface area contributed by atoms with Crippen LogP contribution in [0.4, 0.5) is 5.13 Å². The van der Waals surface area contributed by atoms with Crippen molar-refractivity contribution in [2.24, 2.45) is 0 Å². The van der Waals surface area contributed by atoms with Crippen LogP contribution < -0.4 is 5.32 Å². The molecule has 6 rings (SSSR count). The summed E-state index contributed by atoms with van der Waals surface area (Å²) in [7, 11) is 0. The zero-order valence-electron chi connectivity index (χ0n) is 18.6. The lowest BCUT2D eigenvalue weighted by Gasteiger charge is -2.06. The van der Waals surface area contributed by atoms with Gasteiger partial charge in [0.05, 0.1) is 17.1 Å². The van der Waals surface area contributed by atoms with E-state index in [2.05, 4.69) is 40.6 Å². The van der Waals surface area contributed by atoms with E-state index in [0.717, 1.165) is 33.6 Å². The van der Waals surface area contributed by atoms with E-state index in [4.69, 9.17) is 5.10 Å². The number of carbonyl (C=O) groups excluding carboxylic acids is 1. The van der Waals surface area contributed by atoms with Crippen molar-refractivity contribution in [1.29, 1.82) is 0 Å². The third-order valence-corrected chi connectivity index (χ3v) is 6.54. The smallest absolute Gasteiger partial charge is 0.276 e. The van der Waals surface area contributed by atoms with Crippen LogP contribution in [0, 0.1) is 0 Å². The molecule has 4 aromatic carbocycles. The highest BCUT2D eigenvalue weighted by Crippen LogP contribution is 2.29. The summed E-state index contributed by atoms with van der Waals surface area (Å²) >= 11 is 1.40. The minimum atomic E-state index is -0.261. The van der Waals surface area contributed by atoms with Crippen molar-refractivity contribution in [2.75, 3.05) is 5.32 Å². The van der Waals surface area contributed by atoms with Gasteiger partial charge in [0.15, 0.2) is 5.13 Å². The maximum Gasteiger partial charge on any atom is 0.276 e. The molecular formula is C29H20N4OS. The van der Waals surface area contributed by atoms with Crippen LogP contribution >= 0.6 is 11.3 Å². The summed E-state index contributed by atoms with van der Waals surface area (Å²) < 4.78 is 1.68.